The maximum absolute atomic E-state index is 8.89. The van der Waals surface area contributed by atoms with Crippen LogP contribution in [0.25, 0.3) is 61.2 Å². The number of benzene rings is 5. The zero-order valence-corrected chi connectivity index (χ0v) is 35.0. The molecule has 0 unspecified atom stereocenters. The molecule has 0 radical (unpaired) electrons. The molecule has 0 saturated heterocycles. The Bertz CT molecular complexity index is 3110. The van der Waals surface area contributed by atoms with E-state index in [2.05, 4.69) is 135 Å². The van der Waals surface area contributed by atoms with Crippen LogP contribution in [0.4, 0.5) is 0 Å². The molecule has 0 aliphatic rings. The topological polar surface area (TPSA) is 48.8 Å². The quantitative estimate of drug-likeness (QED) is 0.114. The maximum atomic E-state index is 8.89. The van der Waals surface area contributed by atoms with Crippen molar-refractivity contribution in [2.24, 2.45) is 5.89 Å². The molecule has 0 aliphatic carbocycles. The molecule has 59 heavy (non-hydrogen) atoms. The lowest BCUT2D eigenvalue weighted by molar-refractivity contribution is -0.572. The number of hydrogen-bond acceptors (Lipinski definition) is 3. The van der Waals surface area contributed by atoms with Crippen LogP contribution >= 0.6 is 0 Å². The lowest BCUT2D eigenvalue weighted by atomic mass is 9.80. The molecule has 4 aromatic heterocycles. The third kappa shape index (κ3) is 7.40. The number of nitrogens with zero attached hydrogens (tertiary/aromatic N) is 5. The van der Waals surface area contributed by atoms with Gasteiger partial charge < -0.3 is 4.74 Å². The van der Waals surface area contributed by atoms with Gasteiger partial charge >= 0.3 is 0 Å². The van der Waals surface area contributed by atoms with Gasteiger partial charge in [0.1, 0.15) is 17.3 Å². The minimum absolute atomic E-state index is 0.0389. The summed E-state index contributed by atoms with van der Waals surface area (Å²) in [5, 5.41) is 2.02. The van der Waals surface area contributed by atoms with Crippen LogP contribution < -0.4 is 9.30 Å². The number of hydrogen-bond donors (Lipinski definition) is 0. The summed E-state index contributed by atoms with van der Waals surface area (Å²) in [6, 6.07) is 43.3. The Morgan fingerprint density at radius 3 is 2.19 bits per heavy atom. The number of imidazole rings is 1. The standard InChI is InChI=1S/C53H51N5O/c1-35(2)24-36-22-23-55-51(25-36)58-47-21-18-38(37-14-10-9-11-15-37)26-46(47)45-20-19-43(31-50(45)58)59-44-30-42(32-54-33-44)57-34-56(48-16-12-13-17-49(48)57)41-28-39(52(3,4)5)27-40(29-41)53(6,7)8/h9-23,25-33,35H,24H2,1-8H3/i24D2,35D. The molecule has 294 valence electrons. The van der Waals surface area contributed by atoms with Gasteiger partial charge in [0.25, 0.3) is 6.33 Å². The lowest BCUT2D eigenvalue weighted by Gasteiger charge is -2.26. The largest absolute Gasteiger partial charge is 0.456 e. The average molecular weight is 777 g/mol. The first kappa shape index (κ1) is 34.5. The molecule has 6 heteroatoms. The van der Waals surface area contributed by atoms with Crippen molar-refractivity contribution in [2.75, 3.05) is 0 Å². The van der Waals surface area contributed by atoms with E-state index in [1.165, 1.54) is 11.1 Å². The third-order valence-electron chi connectivity index (χ3n) is 10.9. The van der Waals surface area contributed by atoms with Crippen LogP contribution in [-0.4, -0.2) is 19.1 Å². The Morgan fingerprint density at radius 2 is 1.44 bits per heavy atom. The van der Waals surface area contributed by atoms with Gasteiger partial charge in [-0.1, -0.05) is 122 Å². The molecular formula is C53H51N5O. The molecule has 0 saturated carbocycles. The Hall–Kier alpha value is -6.53. The summed E-state index contributed by atoms with van der Waals surface area (Å²) in [6.07, 6.45) is 6.90. The zero-order chi connectivity index (χ0) is 43.8. The van der Waals surface area contributed by atoms with Gasteiger partial charge in [0, 0.05) is 33.3 Å². The first-order valence-electron chi connectivity index (χ1n) is 21.7. The van der Waals surface area contributed by atoms with Crippen molar-refractivity contribution in [3.05, 3.63) is 169 Å². The molecular weight excluding hydrogens is 723 g/mol. The normalized spacial score (nSPS) is 13.5. The summed E-state index contributed by atoms with van der Waals surface area (Å²) in [5.41, 5.74) is 10.7. The van der Waals surface area contributed by atoms with Crippen LogP contribution in [0.1, 0.15) is 76.2 Å². The fourth-order valence-electron chi connectivity index (χ4n) is 7.80. The number of ether oxygens (including phenoxy) is 1. The zero-order valence-electron chi connectivity index (χ0n) is 38.0. The van der Waals surface area contributed by atoms with Gasteiger partial charge in [-0.05, 0) is 106 Å². The average Bonchev–Trinajstić information content (AvgIpc) is 3.79. The van der Waals surface area contributed by atoms with Crippen molar-refractivity contribution in [1.29, 1.82) is 0 Å². The van der Waals surface area contributed by atoms with Crippen molar-refractivity contribution in [2.45, 2.75) is 72.6 Å². The molecule has 5 aromatic carbocycles. The summed E-state index contributed by atoms with van der Waals surface area (Å²) in [6.45, 7) is 16.7. The van der Waals surface area contributed by atoms with Crippen LogP contribution in [0, 0.1) is 12.2 Å². The van der Waals surface area contributed by atoms with Gasteiger partial charge in [-0.3, -0.25) is 18.7 Å². The SMILES string of the molecule is [2H]C(C)(C)C([2H])([2H])c1ccnc(-n2c3ccc(-c4ccccc4)cc3c3ccc(Oc4cncc(-n5[c-][n+](-c6cc(C(C)(C)C)cc(C(C)(C)C)c6)c6ccccc65)c4)cc32)c1. The van der Waals surface area contributed by atoms with E-state index in [9.17, 15) is 0 Å². The van der Waals surface area contributed by atoms with E-state index in [0.29, 0.717) is 22.9 Å². The molecule has 0 bridgehead atoms. The maximum Gasteiger partial charge on any atom is 0.269 e. The van der Waals surface area contributed by atoms with Gasteiger partial charge in [-0.2, -0.15) is 0 Å². The highest BCUT2D eigenvalue weighted by Gasteiger charge is 2.23. The molecule has 4 heterocycles. The molecule has 0 atom stereocenters. The van der Waals surface area contributed by atoms with E-state index in [1.54, 1.807) is 38.4 Å². The van der Waals surface area contributed by atoms with Crippen LogP contribution in [0.5, 0.6) is 11.5 Å². The predicted molar refractivity (Wildman–Crippen MR) is 241 cm³/mol. The minimum Gasteiger partial charge on any atom is -0.456 e. The fourth-order valence-corrected chi connectivity index (χ4v) is 7.80. The van der Waals surface area contributed by atoms with E-state index < -0.39 is 12.3 Å². The van der Waals surface area contributed by atoms with Gasteiger partial charge in [-0.25, -0.2) is 4.98 Å². The van der Waals surface area contributed by atoms with Crippen LogP contribution in [0.15, 0.2) is 146 Å². The molecule has 0 aliphatic heterocycles. The van der Waals surface area contributed by atoms with E-state index >= 15 is 0 Å². The van der Waals surface area contributed by atoms with Crippen molar-refractivity contribution in [3.8, 4) is 39.8 Å². The molecule has 6 nitrogen and oxygen atoms in total. The third-order valence-corrected chi connectivity index (χ3v) is 10.9. The van der Waals surface area contributed by atoms with E-state index in [-0.39, 0.29) is 10.8 Å². The van der Waals surface area contributed by atoms with Gasteiger partial charge in [-0.15, -0.1) is 0 Å². The minimum atomic E-state index is -1.93. The molecule has 0 spiro atoms. The smallest absolute Gasteiger partial charge is 0.269 e. The summed E-state index contributed by atoms with van der Waals surface area (Å²) in [7, 11) is 0. The van der Waals surface area contributed by atoms with Crippen LogP contribution in [0.2, 0.25) is 0 Å². The lowest BCUT2D eigenvalue weighted by Crippen LogP contribution is -2.31. The van der Waals surface area contributed by atoms with Crippen molar-refractivity contribution in [3.63, 3.8) is 0 Å². The second kappa shape index (κ2) is 14.7. The molecule has 0 N–H and O–H groups in total. The highest BCUT2D eigenvalue weighted by Crippen LogP contribution is 2.38. The summed E-state index contributed by atoms with van der Waals surface area (Å²) in [5.74, 6) is 0.338. The summed E-state index contributed by atoms with van der Waals surface area (Å²) < 4.78 is 39.3. The van der Waals surface area contributed by atoms with Gasteiger partial charge in [0.2, 0.25) is 0 Å². The monoisotopic (exact) mass is 776 g/mol. The number of aromatic nitrogens is 5. The molecule has 0 fully saturated rings. The van der Waals surface area contributed by atoms with E-state index in [1.807, 2.05) is 53.2 Å². The second-order valence-corrected chi connectivity index (χ2v) is 17.6. The first-order valence-corrected chi connectivity index (χ1v) is 20.2. The Kier molecular flexibility index (Phi) is 8.59. The van der Waals surface area contributed by atoms with Crippen molar-refractivity contribution in [1.82, 2.24) is 19.1 Å². The fraction of sp³-hybridized carbons (Fsp3) is 0.226. The number of rotatable bonds is 8. The Morgan fingerprint density at radius 1 is 0.695 bits per heavy atom. The first-order chi connectivity index (χ1) is 29.4. The number of fused-ring (bicyclic) bond motifs is 4. The van der Waals surface area contributed by atoms with Crippen LogP contribution in [-0.2, 0) is 17.2 Å². The molecule has 9 rings (SSSR count). The summed E-state index contributed by atoms with van der Waals surface area (Å²) in [4.78, 5) is 9.43. The highest BCUT2D eigenvalue weighted by atomic mass is 16.5. The van der Waals surface area contributed by atoms with E-state index in [0.717, 1.165) is 55.3 Å². The molecule has 0 amide bonds. The molecule has 9 aromatic rings. The van der Waals surface area contributed by atoms with Crippen molar-refractivity contribution < 1.29 is 13.4 Å². The number of pyridine rings is 2. The number of para-hydroxylation sites is 2. The predicted octanol–water partition coefficient (Wildman–Crippen LogP) is 12.8. The van der Waals surface area contributed by atoms with E-state index in [4.69, 9.17) is 13.8 Å². The van der Waals surface area contributed by atoms with Crippen molar-refractivity contribution >= 4 is 32.8 Å². The van der Waals surface area contributed by atoms with Gasteiger partial charge in [0.15, 0.2) is 0 Å². The van der Waals surface area contributed by atoms with Crippen LogP contribution in [0.3, 0.4) is 0 Å². The summed E-state index contributed by atoms with van der Waals surface area (Å²) >= 11 is 0. The second-order valence-electron chi connectivity index (χ2n) is 17.6. The van der Waals surface area contributed by atoms with Gasteiger partial charge in [0.05, 0.1) is 39.6 Å². The Labute approximate surface area is 351 Å². The highest BCUT2D eigenvalue weighted by molar-refractivity contribution is 6.10. The Balaban J connectivity index is 1.15.